The smallest absolute Gasteiger partial charge is 0.312 e. The van der Waals surface area contributed by atoms with Gasteiger partial charge < -0.3 is 10.2 Å². The van der Waals surface area contributed by atoms with Gasteiger partial charge in [0.25, 0.3) is 0 Å². The predicted octanol–water partition coefficient (Wildman–Crippen LogP) is 3.52. The van der Waals surface area contributed by atoms with Gasteiger partial charge in [0.05, 0.1) is 10.3 Å². The molecule has 0 aliphatic rings. The van der Waals surface area contributed by atoms with Gasteiger partial charge >= 0.3 is 5.97 Å². The van der Waals surface area contributed by atoms with Gasteiger partial charge in [0, 0.05) is 4.88 Å². The number of carbonyl (C=O) groups is 1. The zero-order valence-electron chi connectivity index (χ0n) is 9.34. The van der Waals surface area contributed by atoms with E-state index in [0.29, 0.717) is 14.8 Å². The fourth-order valence-electron chi connectivity index (χ4n) is 1.73. The van der Waals surface area contributed by atoms with E-state index in [9.17, 15) is 15.0 Å². The molecule has 2 aromatic rings. The van der Waals surface area contributed by atoms with Crippen molar-refractivity contribution in [1.82, 2.24) is 0 Å². The summed E-state index contributed by atoms with van der Waals surface area (Å²) in [5.74, 6) is -1.49. The summed E-state index contributed by atoms with van der Waals surface area (Å²) in [6.07, 6.45) is 0.249. The van der Waals surface area contributed by atoms with Crippen LogP contribution in [0, 0.1) is 0 Å². The quantitative estimate of drug-likeness (QED) is 0.902. The Morgan fingerprint density at radius 3 is 2.56 bits per heavy atom. The third-order valence-electron chi connectivity index (χ3n) is 2.65. The van der Waals surface area contributed by atoms with Crippen molar-refractivity contribution >= 4 is 28.9 Å². The molecule has 2 rings (SSSR count). The summed E-state index contributed by atoms with van der Waals surface area (Å²) in [7, 11) is 0. The topological polar surface area (TPSA) is 57.5 Å². The molecule has 0 amide bonds. The number of halogens is 1. The molecule has 1 heterocycles. The number of aliphatic carboxylic acids is 1. The SMILES string of the molecule is O=C(O)C(Cc1ccccc1O)c1ccc(Cl)s1. The zero-order chi connectivity index (χ0) is 13.1. The van der Waals surface area contributed by atoms with Gasteiger partial charge in [-0.05, 0) is 30.2 Å². The molecule has 1 atom stereocenters. The molecule has 0 bridgehead atoms. The molecule has 1 aromatic carbocycles. The summed E-state index contributed by atoms with van der Waals surface area (Å²) in [5.41, 5.74) is 0.620. The van der Waals surface area contributed by atoms with Crippen molar-refractivity contribution in [3.05, 3.63) is 51.2 Å². The van der Waals surface area contributed by atoms with E-state index in [-0.39, 0.29) is 12.2 Å². The van der Waals surface area contributed by atoms with Gasteiger partial charge in [0.15, 0.2) is 0 Å². The molecule has 0 aliphatic heterocycles. The van der Waals surface area contributed by atoms with Crippen LogP contribution in [-0.4, -0.2) is 16.2 Å². The second-order valence-corrected chi connectivity index (χ2v) is 5.61. The second-order valence-electron chi connectivity index (χ2n) is 3.87. The first-order chi connectivity index (χ1) is 8.58. The molecule has 0 radical (unpaired) electrons. The number of thiophene rings is 1. The first kappa shape index (κ1) is 12.9. The molecule has 0 aliphatic carbocycles. The maximum atomic E-state index is 11.3. The normalized spacial score (nSPS) is 12.3. The summed E-state index contributed by atoms with van der Waals surface area (Å²) in [6.45, 7) is 0. The minimum atomic E-state index is -0.920. The number of rotatable bonds is 4. The fraction of sp³-hybridized carbons (Fsp3) is 0.154. The van der Waals surface area contributed by atoms with Crippen LogP contribution in [0.5, 0.6) is 5.75 Å². The molecule has 18 heavy (non-hydrogen) atoms. The van der Waals surface area contributed by atoms with Crippen LogP contribution in [0.3, 0.4) is 0 Å². The standard InChI is InChI=1S/C13H11ClO3S/c14-12-6-5-11(18-12)9(13(16)17)7-8-3-1-2-4-10(8)15/h1-6,9,15H,7H2,(H,16,17). The Hall–Kier alpha value is -1.52. The molecule has 1 unspecified atom stereocenters. The molecule has 3 nitrogen and oxygen atoms in total. The van der Waals surface area contributed by atoms with Crippen LogP contribution in [0.2, 0.25) is 4.34 Å². The Morgan fingerprint density at radius 1 is 1.28 bits per heavy atom. The Labute approximate surface area is 113 Å². The van der Waals surface area contributed by atoms with Gasteiger partial charge in [0.2, 0.25) is 0 Å². The highest BCUT2D eigenvalue weighted by Crippen LogP contribution is 2.32. The highest BCUT2D eigenvalue weighted by atomic mass is 35.5. The molecule has 5 heteroatoms. The second kappa shape index (κ2) is 5.42. The van der Waals surface area contributed by atoms with E-state index in [4.69, 9.17) is 11.6 Å². The molecular weight excluding hydrogens is 272 g/mol. The van der Waals surface area contributed by atoms with Gasteiger partial charge in [-0.3, -0.25) is 4.79 Å². The summed E-state index contributed by atoms with van der Waals surface area (Å²) >= 11 is 7.07. The molecule has 0 saturated heterocycles. The minimum Gasteiger partial charge on any atom is -0.508 e. The van der Waals surface area contributed by atoms with E-state index in [1.165, 1.54) is 11.3 Å². The molecule has 0 saturated carbocycles. The summed E-state index contributed by atoms with van der Waals surface area (Å²) in [5, 5.41) is 18.9. The number of hydrogen-bond acceptors (Lipinski definition) is 3. The Balaban J connectivity index is 2.28. The molecule has 94 valence electrons. The van der Waals surface area contributed by atoms with Gasteiger partial charge in [-0.15, -0.1) is 11.3 Å². The molecule has 0 spiro atoms. The molecule has 0 fully saturated rings. The van der Waals surface area contributed by atoms with Crippen molar-refractivity contribution in [2.45, 2.75) is 12.3 Å². The summed E-state index contributed by atoms with van der Waals surface area (Å²) in [4.78, 5) is 12.0. The van der Waals surface area contributed by atoms with Crippen LogP contribution >= 0.6 is 22.9 Å². The maximum absolute atomic E-state index is 11.3. The number of phenolic OH excluding ortho intramolecular Hbond substituents is 1. The van der Waals surface area contributed by atoms with Crippen molar-refractivity contribution < 1.29 is 15.0 Å². The van der Waals surface area contributed by atoms with E-state index < -0.39 is 11.9 Å². The lowest BCUT2D eigenvalue weighted by molar-refractivity contribution is -0.138. The predicted molar refractivity (Wildman–Crippen MR) is 71.5 cm³/mol. The van der Waals surface area contributed by atoms with Crippen LogP contribution in [0.25, 0.3) is 0 Å². The van der Waals surface area contributed by atoms with E-state index in [2.05, 4.69) is 0 Å². The van der Waals surface area contributed by atoms with Crippen LogP contribution in [0.1, 0.15) is 16.4 Å². The highest BCUT2D eigenvalue weighted by molar-refractivity contribution is 7.16. The monoisotopic (exact) mass is 282 g/mol. The van der Waals surface area contributed by atoms with Gasteiger partial charge in [-0.1, -0.05) is 29.8 Å². The van der Waals surface area contributed by atoms with Crippen LogP contribution < -0.4 is 0 Å². The van der Waals surface area contributed by atoms with Gasteiger partial charge in [-0.25, -0.2) is 0 Å². The van der Waals surface area contributed by atoms with E-state index in [1.54, 1.807) is 36.4 Å². The zero-order valence-corrected chi connectivity index (χ0v) is 10.9. The van der Waals surface area contributed by atoms with E-state index >= 15 is 0 Å². The van der Waals surface area contributed by atoms with Gasteiger partial charge in [-0.2, -0.15) is 0 Å². The van der Waals surface area contributed by atoms with Crippen molar-refractivity contribution in [2.75, 3.05) is 0 Å². The van der Waals surface area contributed by atoms with E-state index in [1.807, 2.05) is 0 Å². The fourth-order valence-corrected chi connectivity index (χ4v) is 2.88. The third kappa shape index (κ3) is 2.83. The molecular formula is C13H11ClO3S. The Kier molecular flexibility index (Phi) is 3.89. The lowest BCUT2D eigenvalue weighted by Gasteiger charge is -2.11. The number of benzene rings is 1. The van der Waals surface area contributed by atoms with Crippen LogP contribution in [0.15, 0.2) is 36.4 Å². The third-order valence-corrected chi connectivity index (χ3v) is 4.00. The number of aromatic hydroxyl groups is 1. The van der Waals surface area contributed by atoms with Crippen molar-refractivity contribution in [1.29, 1.82) is 0 Å². The summed E-state index contributed by atoms with van der Waals surface area (Å²) in [6, 6.07) is 10.1. The number of phenols is 1. The number of para-hydroxylation sites is 1. The van der Waals surface area contributed by atoms with E-state index in [0.717, 1.165) is 0 Å². The molecule has 2 N–H and O–H groups in total. The highest BCUT2D eigenvalue weighted by Gasteiger charge is 2.23. The first-order valence-electron chi connectivity index (χ1n) is 5.33. The number of hydrogen-bond donors (Lipinski definition) is 2. The largest absolute Gasteiger partial charge is 0.508 e. The van der Waals surface area contributed by atoms with Crippen molar-refractivity contribution in [3.8, 4) is 5.75 Å². The van der Waals surface area contributed by atoms with Crippen molar-refractivity contribution in [3.63, 3.8) is 0 Å². The lowest BCUT2D eigenvalue weighted by Crippen LogP contribution is -2.13. The summed E-state index contributed by atoms with van der Waals surface area (Å²) < 4.78 is 0.563. The Morgan fingerprint density at radius 2 is 2.00 bits per heavy atom. The van der Waals surface area contributed by atoms with Gasteiger partial charge in [0.1, 0.15) is 5.75 Å². The number of carboxylic acid groups (broad SMARTS) is 1. The van der Waals surface area contributed by atoms with Crippen LogP contribution in [-0.2, 0) is 11.2 Å². The first-order valence-corrected chi connectivity index (χ1v) is 6.52. The average molecular weight is 283 g/mol. The number of carboxylic acids is 1. The lowest BCUT2D eigenvalue weighted by atomic mass is 9.97. The maximum Gasteiger partial charge on any atom is 0.312 e. The van der Waals surface area contributed by atoms with Crippen LogP contribution in [0.4, 0.5) is 0 Å². The minimum absolute atomic E-state index is 0.117. The molecule has 1 aromatic heterocycles. The average Bonchev–Trinajstić information content (AvgIpc) is 2.74. The van der Waals surface area contributed by atoms with Crippen molar-refractivity contribution in [2.24, 2.45) is 0 Å². The Bertz CT molecular complexity index is 565.